The normalized spacial score (nSPS) is 18.0. The van der Waals surface area contributed by atoms with Crippen LogP contribution in [0, 0.1) is 11.8 Å². The highest BCUT2D eigenvalue weighted by molar-refractivity contribution is 6.35. The molecule has 23 heavy (non-hydrogen) atoms. The van der Waals surface area contributed by atoms with Crippen LogP contribution in [0.1, 0.15) is 46.0 Å². The number of carbonyl (C=O) groups excluding carboxylic acids is 2. The average molecular weight is 318 g/mol. The number of rotatable bonds is 9. The fourth-order valence-corrected chi connectivity index (χ4v) is 2.51. The Hall–Kier alpha value is -1.84. The summed E-state index contributed by atoms with van der Waals surface area (Å²) in [6.45, 7) is 9.00. The molecule has 0 aromatic carbocycles. The van der Waals surface area contributed by atoms with E-state index in [0.717, 1.165) is 37.7 Å². The van der Waals surface area contributed by atoms with Crippen LogP contribution in [0.2, 0.25) is 0 Å². The van der Waals surface area contributed by atoms with E-state index in [-0.39, 0.29) is 0 Å². The van der Waals surface area contributed by atoms with E-state index in [2.05, 4.69) is 43.2 Å². The van der Waals surface area contributed by atoms with Gasteiger partial charge in [0.2, 0.25) is 0 Å². The van der Waals surface area contributed by atoms with Crippen LogP contribution in [0.25, 0.3) is 0 Å². The predicted octanol–water partition coefficient (Wildman–Crippen LogP) is 3.12. The summed E-state index contributed by atoms with van der Waals surface area (Å²) in [7, 11) is 0. The number of nitrogens with one attached hydrogen (secondary N) is 2. The molecule has 0 heterocycles. The van der Waals surface area contributed by atoms with Gasteiger partial charge in [-0.2, -0.15) is 0 Å². The summed E-state index contributed by atoms with van der Waals surface area (Å²) < 4.78 is 0. The molecule has 2 atom stereocenters. The van der Waals surface area contributed by atoms with Crippen LogP contribution in [0.5, 0.6) is 0 Å². The Morgan fingerprint density at radius 3 is 2.65 bits per heavy atom. The molecule has 0 spiro atoms. The van der Waals surface area contributed by atoms with Crippen LogP contribution in [0.3, 0.4) is 0 Å². The zero-order valence-corrected chi connectivity index (χ0v) is 14.4. The minimum absolute atomic E-state index is 0.367. The Morgan fingerprint density at radius 2 is 2.09 bits per heavy atom. The zero-order chi connectivity index (χ0) is 17.1. The van der Waals surface area contributed by atoms with Crippen molar-refractivity contribution in [3.8, 4) is 0 Å². The highest BCUT2D eigenvalue weighted by Gasteiger charge is 2.15. The van der Waals surface area contributed by atoms with Gasteiger partial charge in [0, 0.05) is 13.1 Å². The highest BCUT2D eigenvalue weighted by Crippen LogP contribution is 2.16. The molecule has 0 bridgehead atoms. The third kappa shape index (κ3) is 7.31. The van der Waals surface area contributed by atoms with Crippen molar-refractivity contribution in [2.24, 2.45) is 11.8 Å². The van der Waals surface area contributed by atoms with Gasteiger partial charge in [-0.1, -0.05) is 57.4 Å². The first-order valence-corrected chi connectivity index (χ1v) is 8.66. The number of hydrogen-bond acceptors (Lipinski definition) is 2. The summed E-state index contributed by atoms with van der Waals surface area (Å²) in [5.74, 6) is -0.279. The number of unbranched alkanes of at least 4 members (excludes halogenated alkanes) is 1. The highest BCUT2D eigenvalue weighted by atomic mass is 16.2. The molecular weight excluding hydrogens is 288 g/mol. The van der Waals surface area contributed by atoms with E-state index in [4.69, 9.17) is 0 Å². The SMILES string of the molecule is C=CC1C=CC(CNC(=O)C(=O)NCC(CC)CCCC)=CC1. The van der Waals surface area contributed by atoms with E-state index < -0.39 is 11.8 Å². The van der Waals surface area contributed by atoms with E-state index in [0.29, 0.717) is 24.9 Å². The van der Waals surface area contributed by atoms with E-state index in [1.807, 2.05) is 12.2 Å². The van der Waals surface area contributed by atoms with Crippen LogP contribution in [0.4, 0.5) is 0 Å². The van der Waals surface area contributed by atoms with Crippen molar-refractivity contribution in [1.82, 2.24) is 10.6 Å². The largest absolute Gasteiger partial charge is 0.348 e. The second-order valence-corrected chi connectivity index (χ2v) is 6.08. The molecule has 0 aliphatic heterocycles. The van der Waals surface area contributed by atoms with Gasteiger partial charge >= 0.3 is 11.8 Å². The van der Waals surface area contributed by atoms with Crippen molar-refractivity contribution in [1.29, 1.82) is 0 Å². The Morgan fingerprint density at radius 1 is 1.35 bits per heavy atom. The van der Waals surface area contributed by atoms with Gasteiger partial charge in [-0.3, -0.25) is 9.59 Å². The summed E-state index contributed by atoms with van der Waals surface area (Å²) in [6.07, 6.45) is 13.3. The molecule has 2 N–H and O–H groups in total. The second-order valence-electron chi connectivity index (χ2n) is 6.08. The quantitative estimate of drug-likeness (QED) is 0.507. The van der Waals surface area contributed by atoms with Gasteiger partial charge in [0.25, 0.3) is 0 Å². The van der Waals surface area contributed by atoms with Crippen LogP contribution in [0.15, 0.2) is 36.5 Å². The van der Waals surface area contributed by atoms with E-state index in [1.165, 1.54) is 0 Å². The fourth-order valence-electron chi connectivity index (χ4n) is 2.51. The van der Waals surface area contributed by atoms with Gasteiger partial charge in [0.05, 0.1) is 0 Å². The molecule has 4 heteroatoms. The Balaban J connectivity index is 2.29. The maximum Gasteiger partial charge on any atom is 0.309 e. The second kappa shape index (κ2) is 10.8. The molecule has 0 radical (unpaired) electrons. The minimum atomic E-state index is -0.560. The monoisotopic (exact) mass is 318 g/mol. The van der Waals surface area contributed by atoms with Gasteiger partial charge in [-0.25, -0.2) is 0 Å². The summed E-state index contributed by atoms with van der Waals surface area (Å²) in [4.78, 5) is 23.7. The van der Waals surface area contributed by atoms with Crippen molar-refractivity contribution in [3.05, 3.63) is 36.5 Å². The molecule has 1 rings (SSSR count). The topological polar surface area (TPSA) is 58.2 Å². The predicted molar refractivity (Wildman–Crippen MR) is 94.9 cm³/mol. The third-order valence-electron chi connectivity index (χ3n) is 4.27. The Labute approximate surface area is 140 Å². The lowest BCUT2D eigenvalue weighted by molar-refractivity contribution is -0.139. The van der Waals surface area contributed by atoms with Crippen molar-refractivity contribution >= 4 is 11.8 Å². The first-order valence-electron chi connectivity index (χ1n) is 8.66. The van der Waals surface area contributed by atoms with Crippen LogP contribution in [-0.2, 0) is 9.59 Å². The van der Waals surface area contributed by atoms with Crippen molar-refractivity contribution in [2.75, 3.05) is 13.1 Å². The first-order chi connectivity index (χ1) is 11.1. The van der Waals surface area contributed by atoms with Crippen molar-refractivity contribution in [3.63, 3.8) is 0 Å². The molecule has 0 aromatic heterocycles. The molecule has 2 amide bonds. The molecular formula is C19H30N2O2. The zero-order valence-electron chi connectivity index (χ0n) is 14.4. The first kappa shape index (κ1) is 19.2. The maximum absolute atomic E-state index is 11.8. The van der Waals surface area contributed by atoms with E-state index in [1.54, 1.807) is 0 Å². The van der Waals surface area contributed by atoms with Crippen molar-refractivity contribution < 1.29 is 9.59 Å². The lowest BCUT2D eigenvalue weighted by Crippen LogP contribution is -2.42. The fraction of sp³-hybridized carbons (Fsp3) is 0.579. The lowest BCUT2D eigenvalue weighted by Gasteiger charge is -2.15. The summed E-state index contributed by atoms with van der Waals surface area (Å²) in [6, 6.07) is 0. The molecule has 0 saturated heterocycles. The van der Waals surface area contributed by atoms with Gasteiger partial charge < -0.3 is 10.6 Å². The molecule has 128 valence electrons. The lowest BCUT2D eigenvalue weighted by atomic mass is 9.97. The van der Waals surface area contributed by atoms with Gasteiger partial charge in [0.1, 0.15) is 0 Å². The summed E-state index contributed by atoms with van der Waals surface area (Å²) in [5, 5.41) is 5.42. The molecule has 0 fully saturated rings. The minimum Gasteiger partial charge on any atom is -0.348 e. The maximum atomic E-state index is 11.8. The smallest absolute Gasteiger partial charge is 0.309 e. The van der Waals surface area contributed by atoms with Crippen LogP contribution in [-0.4, -0.2) is 24.9 Å². The Bertz CT molecular complexity index is 466. The molecule has 4 nitrogen and oxygen atoms in total. The number of carbonyl (C=O) groups is 2. The van der Waals surface area contributed by atoms with Gasteiger partial charge in [0.15, 0.2) is 0 Å². The summed E-state index contributed by atoms with van der Waals surface area (Å²) >= 11 is 0. The Kier molecular flexibility index (Phi) is 9.03. The molecule has 2 unspecified atom stereocenters. The van der Waals surface area contributed by atoms with Crippen LogP contribution >= 0.6 is 0 Å². The molecule has 1 aliphatic rings. The average Bonchev–Trinajstić information content (AvgIpc) is 2.60. The number of amides is 2. The number of allylic oxidation sites excluding steroid dienone is 3. The molecule has 1 aliphatic carbocycles. The number of hydrogen-bond donors (Lipinski definition) is 2. The van der Waals surface area contributed by atoms with Crippen molar-refractivity contribution in [2.45, 2.75) is 46.0 Å². The summed E-state index contributed by atoms with van der Waals surface area (Å²) in [5.41, 5.74) is 1.03. The van der Waals surface area contributed by atoms with E-state index in [9.17, 15) is 9.59 Å². The standard InChI is InChI=1S/C19H30N2O2/c1-4-7-8-16(6-3)13-20-18(22)19(23)21-14-17-11-9-15(5-2)10-12-17/h5,9,11-12,15-16H,2,4,6-8,10,13-14H2,1,3H3,(H,20,22)(H,21,23). The van der Waals surface area contributed by atoms with Gasteiger partial charge in [-0.05, 0) is 30.3 Å². The van der Waals surface area contributed by atoms with E-state index >= 15 is 0 Å². The molecule has 0 saturated carbocycles. The third-order valence-corrected chi connectivity index (χ3v) is 4.27. The van der Waals surface area contributed by atoms with Gasteiger partial charge in [-0.15, -0.1) is 6.58 Å². The molecule has 0 aromatic rings. The van der Waals surface area contributed by atoms with Crippen LogP contribution < -0.4 is 10.6 Å².